The predicted molar refractivity (Wildman–Crippen MR) is 60.6 cm³/mol. The van der Waals surface area contributed by atoms with Gasteiger partial charge in [0, 0.05) is 6.08 Å². The fraction of sp³-hybridized carbons (Fsp3) is 0.727. The van der Waals surface area contributed by atoms with Gasteiger partial charge in [0.1, 0.15) is 0 Å². The molecule has 0 fully saturated rings. The number of aliphatic carboxylic acids is 1. The van der Waals surface area contributed by atoms with Crippen LogP contribution in [0.15, 0.2) is 12.7 Å². The van der Waals surface area contributed by atoms with Gasteiger partial charge in [-0.25, -0.2) is 14.6 Å². The van der Waals surface area contributed by atoms with Gasteiger partial charge in [0.25, 0.3) is 0 Å². The summed E-state index contributed by atoms with van der Waals surface area (Å²) in [5, 5.41) is 12.0. The van der Waals surface area contributed by atoms with E-state index in [0.29, 0.717) is 13.2 Å². The van der Waals surface area contributed by atoms with Crippen molar-refractivity contribution in [2.24, 2.45) is 0 Å². The van der Waals surface area contributed by atoms with E-state index in [1.165, 1.54) is 0 Å². The van der Waals surface area contributed by atoms with E-state index in [4.69, 9.17) is 14.9 Å². The van der Waals surface area contributed by atoms with Crippen LogP contribution in [-0.4, -0.2) is 24.3 Å². The lowest BCUT2D eigenvalue weighted by molar-refractivity contribution is -0.512. The van der Waals surface area contributed by atoms with Gasteiger partial charge in [0.15, 0.2) is 0 Å². The molecule has 0 amide bonds. The molecular formula is C11H22O5. The van der Waals surface area contributed by atoms with Gasteiger partial charge in [-0.15, -0.1) is 0 Å². The van der Waals surface area contributed by atoms with Crippen LogP contribution < -0.4 is 0 Å². The van der Waals surface area contributed by atoms with Gasteiger partial charge < -0.3 is 5.11 Å². The molecule has 5 heteroatoms. The summed E-state index contributed by atoms with van der Waals surface area (Å²) in [7, 11) is 0. The van der Waals surface area contributed by atoms with Gasteiger partial charge >= 0.3 is 5.97 Å². The molecule has 0 aliphatic rings. The predicted octanol–water partition coefficient (Wildman–Crippen LogP) is 2.72. The van der Waals surface area contributed by atoms with Gasteiger partial charge in [0.2, 0.25) is 0 Å². The molecule has 0 atom stereocenters. The summed E-state index contributed by atoms with van der Waals surface area (Å²) < 4.78 is 0. The van der Waals surface area contributed by atoms with Crippen LogP contribution in [0.3, 0.4) is 0 Å². The van der Waals surface area contributed by atoms with Crippen LogP contribution >= 0.6 is 0 Å². The van der Waals surface area contributed by atoms with E-state index in [1.807, 2.05) is 0 Å². The molecule has 0 rings (SSSR count). The second-order valence-corrected chi connectivity index (χ2v) is 2.96. The fourth-order valence-corrected chi connectivity index (χ4v) is 0.509. The molecule has 0 bridgehead atoms. The van der Waals surface area contributed by atoms with Crippen molar-refractivity contribution in [2.75, 3.05) is 13.2 Å². The summed E-state index contributed by atoms with van der Waals surface area (Å²) in [6.45, 7) is 8.39. The number of carboxylic acids is 1. The lowest BCUT2D eigenvalue weighted by Gasteiger charge is -2.00. The summed E-state index contributed by atoms with van der Waals surface area (Å²) in [6, 6.07) is 0. The molecular weight excluding hydrogens is 212 g/mol. The third-order valence-electron chi connectivity index (χ3n) is 1.43. The van der Waals surface area contributed by atoms with Crippen LogP contribution in [0.4, 0.5) is 0 Å². The topological polar surface area (TPSA) is 65.0 Å². The summed E-state index contributed by atoms with van der Waals surface area (Å²) >= 11 is 0. The first-order valence-electron chi connectivity index (χ1n) is 5.45. The highest BCUT2D eigenvalue weighted by Gasteiger charge is 1.88. The Morgan fingerprint density at radius 1 is 1.19 bits per heavy atom. The van der Waals surface area contributed by atoms with Gasteiger partial charge in [0.05, 0.1) is 13.2 Å². The molecule has 5 nitrogen and oxygen atoms in total. The Morgan fingerprint density at radius 2 is 1.56 bits per heavy atom. The summed E-state index contributed by atoms with van der Waals surface area (Å²) in [6.07, 6.45) is 5.07. The summed E-state index contributed by atoms with van der Waals surface area (Å²) in [4.78, 5) is 18.6. The van der Waals surface area contributed by atoms with Gasteiger partial charge in [-0.1, -0.05) is 38.3 Å². The fourth-order valence-electron chi connectivity index (χ4n) is 0.509. The van der Waals surface area contributed by atoms with E-state index < -0.39 is 5.97 Å². The van der Waals surface area contributed by atoms with Crippen LogP contribution in [0.1, 0.15) is 39.5 Å². The first kappa shape index (κ1) is 17.5. The zero-order chi connectivity index (χ0) is 12.6. The molecule has 1 N–H and O–H groups in total. The Kier molecular flexibility index (Phi) is 18.0. The second kappa shape index (κ2) is 16.5. The zero-order valence-corrected chi connectivity index (χ0v) is 10.1. The van der Waals surface area contributed by atoms with Crippen LogP contribution in [0.25, 0.3) is 0 Å². The summed E-state index contributed by atoms with van der Waals surface area (Å²) in [5.41, 5.74) is 0. The quantitative estimate of drug-likeness (QED) is 0.287. The van der Waals surface area contributed by atoms with Gasteiger partial charge in [-0.3, -0.25) is 0 Å². The van der Waals surface area contributed by atoms with Crippen molar-refractivity contribution in [1.29, 1.82) is 0 Å². The number of unbranched alkanes of at least 4 members (excludes halogenated alkanes) is 2. The van der Waals surface area contributed by atoms with Crippen molar-refractivity contribution in [3.8, 4) is 0 Å². The molecule has 0 unspecified atom stereocenters. The maximum absolute atomic E-state index is 9.25. The van der Waals surface area contributed by atoms with Crippen molar-refractivity contribution in [3.05, 3.63) is 12.7 Å². The molecule has 0 saturated carbocycles. The van der Waals surface area contributed by atoms with E-state index in [0.717, 1.165) is 31.8 Å². The van der Waals surface area contributed by atoms with Crippen molar-refractivity contribution < 1.29 is 24.7 Å². The minimum atomic E-state index is -0.981. The zero-order valence-electron chi connectivity index (χ0n) is 10.1. The highest BCUT2D eigenvalue weighted by molar-refractivity contribution is 5.78. The van der Waals surface area contributed by atoms with Gasteiger partial charge in [-0.2, -0.15) is 0 Å². The van der Waals surface area contributed by atoms with E-state index in [1.54, 1.807) is 0 Å². The second-order valence-electron chi connectivity index (χ2n) is 2.96. The highest BCUT2D eigenvalue weighted by atomic mass is 17.5. The molecule has 0 spiro atoms. The SMILES string of the molecule is C=CC(=O)O.CCCCOOOCCCC. The third kappa shape index (κ3) is 23.2. The minimum Gasteiger partial charge on any atom is -0.478 e. The van der Waals surface area contributed by atoms with Gasteiger partial charge in [-0.05, 0) is 12.8 Å². The van der Waals surface area contributed by atoms with Crippen LogP contribution in [0.5, 0.6) is 0 Å². The van der Waals surface area contributed by atoms with Crippen molar-refractivity contribution in [3.63, 3.8) is 0 Å². The smallest absolute Gasteiger partial charge is 0.327 e. The van der Waals surface area contributed by atoms with Crippen LogP contribution in [0.2, 0.25) is 0 Å². The molecule has 0 aliphatic heterocycles. The Hall–Kier alpha value is -0.910. The number of carbonyl (C=O) groups is 1. The van der Waals surface area contributed by atoms with Crippen molar-refractivity contribution in [2.45, 2.75) is 39.5 Å². The Labute approximate surface area is 96.9 Å². The molecule has 16 heavy (non-hydrogen) atoms. The van der Waals surface area contributed by atoms with E-state index in [-0.39, 0.29) is 0 Å². The largest absolute Gasteiger partial charge is 0.478 e. The number of hydrogen-bond acceptors (Lipinski definition) is 4. The Balaban J connectivity index is 0. The number of carboxylic acid groups (broad SMARTS) is 1. The maximum atomic E-state index is 9.25. The maximum Gasteiger partial charge on any atom is 0.327 e. The average Bonchev–Trinajstić information content (AvgIpc) is 2.29. The number of rotatable bonds is 9. The molecule has 0 heterocycles. The molecule has 0 aromatic heterocycles. The molecule has 0 saturated heterocycles. The molecule has 0 aliphatic carbocycles. The Bertz CT molecular complexity index is 150. The van der Waals surface area contributed by atoms with Crippen LogP contribution in [0, 0.1) is 0 Å². The molecule has 96 valence electrons. The number of hydrogen-bond donors (Lipinski definition) is 1. The normalized spacial score (nSPS) is 9.12. The molecule has 0 aromatic rings. The lowest BCUT2D eigenvalue weighted by Crippen LogP contribution is -1.99. The summed E-state index contributed by atoms with van der Waals surface area (Å²) in [5.74, 6) is -0.981. The van der Waals surface area contributed by atoms with Crippen molar-refractivity contribution >= 4 is 5.97 Å². The Morgan fingerprint density at radius 3 is 1.81 bits per heavy atom. The molecule has 0 aromatic carbocycles. The van der Waals surface area contributed by atoms with E-state index in [9.17, 15) is 4.79 Å². The molecule has 0 radical (unpaired) electrons. The third-order valence-corrected chi connectivity index (χ3v) is 1.43. The minimum absolute atomic E-state index is 0.614. The van der Waals surface area contributed by atoms with E-state index in [2.05, 4.69) is 25.5 Å². The standard InChI is InChI=1S/C8H18O3.C3H4O2/c1-3-5-7-9-11-10-8-6-4-2;1-2-3(4)5/h3-8H2,1-2H3;2H,1H2,(H,4,5). The van der Waals surface area contributed by atoms with E-state index >= 15 is 0 Å². The highest BCUT2D eigenvalue weighted by Crippen LogP contribution is 1.92. The average molecular weight is 234 g/mol. The van der Waals surface area contributed by atoms with Crippen LogP contribution in [-0.2, 0) is 19.6 Å². The lowest BCUT2D eigenvalue weighted by atomic mass is 10.4. The first-order chi connectivity index (χ1) is 7.68. The monoisotopic (exact) mass is 234 g/mol. The van der Waals surface area contributed by atoms with Crippen molar-refractivity contribution in [1.82, 2.24) is 0 Å². The first-order valence-corrected chi connectivity index (χ1v) is 5.45.